The van der Waals surface area contributed by atoms with Crippen LogP contribution in [-0.4, -0.2) is 48.1 Å². The van der Waals surface area contributed by atoms with Gasteiger partial charge in [0.25, 0.3) is 11.8 Å². The first-order valence-corrected chi connectivity index (χ1v) is 8.31. The Morgan fingerprint density at radius 3 is 2.23 bits per heavy atom. The van der Waals surface area contributed by atoms with Crippen molar-refractivity contribution < 1.29 is 29.0 Å². The van der Waals surface area contributed by atoms with Crippen molar-refractivity contribution in [1.29, 1.82) is 0 Å². The fraction of sp³-hybridized carbons (Fsp3) is 0.389. The lowest BCUT2D eigenvalue weighted by molar-refractivity contribution is -0.131. The molecule has 1 saturated carbocycles. The van der Waals surface area contributed by atoms with Crippen LogP contribution in [0.25, 0.3) is 6.08 Å². The highest BCUT2D eigenvalue weighted by molar-refractivity contribution is 6.31. The van der Waals surface area contributed by atoms with Gasteiger partial charge in [-0.2, -0.15) is 0 Å². The van der Waals surface area contributed by atoms with Crippen LogP contribution in [0.4, 0.5) is 4.79 Å². The molecule has 26 heavy (non-hydrogen) atoms. The summed E-state index contributed by atoms with van der Waals surface area (Å²) >= 11 is 0. The molecule has 1 heterocycles. The number of nitrogens with one attached hydrogen (secondary N) is 1. The van der Waals surface area contributed by atoms with Crippen LogP contribution < -0.4 is 14.8 Å². The number of ether oxygens (including phenoxy) is 2. The first-order chi connectivity index (χ1) is 12.5. The van der Waals surface area contributed by atoms with Crippen LogP contribution in [0.5, 0.6) is 17.2 Å². The van der Waals surface area contributed by atoms with Crippen molar-refractivity contribution in [2.75, 3.05) is 14.2 Å². The minimum Gasteiger partial charge on any atom is -0.502 e. The molecule has 3 rings (SSSR count). The number of amides is 4. The third kappa shape index (κ3) is 3.10. The van der Waals surface area contributed by atoms with Crippen LogP contribution in [0, 0.1) is 0 Å². The van der Waals surface area contributed by atoms with Crippen molar-refractivity contribution in [3.05, 3.63) is 23.3 Å². The summed E-state index contributed by atoms with van der Waals surface area (Å²) in [6, 6.07) is 2.08. The number of barbiturate groups is 1. The summed E-state index contributed by atoms with van der Waals surface area (Å²) in [5.41, 5.74) is 0.280. The fourth-order valence-corrected chi connectivity index (χ4v) is 3.33. The molecule has 1 aliphatic heterocycles. The molecule has 138 valence electrons. The van der Waals surface area contributed by atoms with E-state index < -0.39 is 17.8 Å². The molecule has 4 amide bonds. The maximum absolute atomic E-state index is 12.8. The first kappa shape index (κ1) is 17.8. The number of benzene rings is 1. The van der Waals surface area contributed by atoms with Gasteiger partial charge < -0.3 is 14.6 Å². The lowest BCUT2D eigenvalue weighted by Gasteiger charge is -2.31. The molecule has 8 heteroatoms. The number of phenols is 1. The second-order valence-corrected chi connectivity index (χ2v) is 6.20. The van der Waals surface area contributed by atoms with Crippen molar-refractivity contribution in [1.82, 2.24) is 10.2 Å². The molecule has 1 aromatic rings. The molecule has 1 aromatic carbocycles. The van der Waals surface area contributed by atoms with Crippen molar-refractivity contribution in [2.45, 2.75) is 31.7 Å². The van der Waals surface area contributed by atoms with Crippen molar-refractivity contribution >= 4 is 23.9 Å². The molecule has 2 N–H and O–H groups in total. The number of carbonyl (C=O) groups is 3. The maximum atomic E-state index is 12.8. The van der Waals surface area contributed by atoms with Gasteiger partial charge in [-0.1, -0.05) is 12.8 Å². The molecule has 0 atom stereocenters. The van der Waals surface area contributed by atoms with Crippen LogP contribution in [0.3, 0.4) is 0 Å². The number of urea groups is 1. The number of carbonyl (C=O) groups excluding carboxylic acids is 3. The van der Waals surface area contributed by atoms with E-state index in [0.717, 1.165) is 30.6 Å². The van der Waals surface area contributed by atoms with E-state index in [1.54, 1.807) is 0 Å². The van der Waals surface area contributed by atoms with Crippen LogP contribution >= 0.6 is 0 Å². The number of rotatable bonds is 4. The molecule has 0 radical (unpaired) electrons. The summed E-state index contributed by atoms with van der Waals surface area (Å²) in [6.07, 6.45) is 4.72. The lowest BCUT2D eigenvalue weighted by atomic mass is 10.0. The van der Waals surface area contributed by atoms with Gasteiger partial charge in [-0.05, 0) is 36.6 Å². The molecule has 0 bridgehead atoms. The number of methoxy groups -OCH3 is 2. The Morgan fingerprint density at radius 1 is 1.12 bits per heavy atom. The summed E-state index contributed by atoms with van der Waals surface area (Å²) in [6.45, 7) is 0. The molecular weight excluding hydrogens is 340 g/mol. The first-order valence-electron chi connectivity index (χ1n) is 8.31. The van der Waals surface area contributed by atoms with E-state index in [9.17, 15) is 19.5 Å². The van der Waals surface area contributed by atoms with Gasteiger partial charge in [0.2, 0.25) is 5.75 Å². The topological polar surface area (TPSA) is 105 Å². The average Bonchev–Trinajstić information content (AvgIpc) is 3.13. The Labute approximate surface area is 150 Å². The van der Waals surface area contributed by atoms with E-state index in [-0.39, 0.29) is 28.9 Å². The van der Waals surface area contributed by atoms with E-state index in [1.807, 2.05) is 0 Å². The second-order valence-electron chi connectivity index (χ2n) is 6.20. The Hall–Kier alpha value is -3.03. The highest BCUT2D eigenvalue weighted by Gasteiger charge is 2.40. The molecule has 1 saturated heterocycles. The molecular formula is C18H20N2O6. The van der Waals surface area contributed by atoms with Crippen LogP contribution in [-0.2, 0) is 9.59 Å². The monoisotopic (exact) mass is 360 g/mol. The number of phenolic OH excluding ortho intramolecular Hbond substituents is 1. The number of nitrogens with zero attached hydrogens (tertiary/aromatic N) is 1. The summed E-state index contributed by atoms with van der Waals surface area (Å²) in [7, 11) is 2.76. The highest BCUT2D eigenvalue weighted by Crippen LogP contribution is 2.38. The zero-order valence-corrected chi connectivity index (χ0v) is 14.6. The van der Waals surface area contributed by atoms with E-state index in [1.165, 1.54) is 32.4 Å². The second kappa shape index (κ2) is 7.07. The Bertz CT molecular complexity index is 770. The summed E-state index contributed by atoms with van der Waals surface area (Å²) in [5.74, 6) is -1.26. The molecule has 2 fully saturated rings. The van der Waals surface area contributed by atoms with Crippen LogP contribution in [0.15, 0.2) is 17.7 Å². The van der Waals surface area contributed by atoms with Crippen LogP contribution in [0.2, 0.25) is 0 Å². The predicted octanol–water partition coefficient (Wildman–Crippen LogP) is 1.81. The number of hydrogen-bond donors (Lipinski definition) is 2. The zero-order valence-electron chi connectivity index (χ0n) is 14.6. The summed E-state index contributed by atoms with van der Waals surface area (Å²) in [4.78, 5) is 38.2. The van der Waals surface area contributed by atoms with Gasteiger partial charge >= 0.3 is 6.03 Å². The minimum absolute atomic E-state index is 0.142. The van der Waals surface area contributed by atoms with Gasteiger partial charge in [0.15, 0.2) is 11.5 Å². The molecule has 1 aliphatic carbocycles. The number of hydrogen-bond acceptors (Lipinski definition) is 6. The van der Waals surface area contributed by atoms with Gasteiger partial charge in [-0.25, -0.2) is 4.79 Å². The zero-order chi connectivity index (χ0) is 18.8. The minimum atomic E-state index is -0.750. The van der Waals surface area contributed by atoms with Crippen molar-refractivity contribution in [3.8, 4) is 17.2 Å². The third-order valence-corrected chi connectivity index (χ3v) is 4.64. The Morgan fingerprint density at radius 2 is 1.69 bits per heavy atom. The van der Waals surface area contributed by atoms with Gasteiger partial charge in [0, 0.05) is 6.04 Å². The lowest BCUT2D eigenvalue weighted by Crippen LogP contribution is -2.57. The predicted molar refractivity (Wildman–Crippen MR) is 91.8 cm³/mol. The van der Waals surface area contributed by atoms with E-state index >= 15 is 0 Å². The summed E-state index contributed by atoms with van der Waals surface area (Å²) in [5, 5.41) is 12.2. The molecule has 0 unspecified atom stereocenters. The average molecular weight is 360 g/mol. The van der Waals surface area contributed by atoms with Gasteiger partial charge in [-0.15, -0.1) is 0 Å². The molecule has 8 nitrogen and oxygen atoms in total. The summed E-state index contributed by atoms with van der Waals surface area (Å²) < 4.78 is 10.2. The van der Waals surface area contributed by atoms with Gasteiger partial charge in [0.05, 0.1) is 14.2 Å². The van der Waals surface area contributed by atoms with Gasteiger partial charge in [-0.3, -0.25) is 19.8 Å². The van der Waals surface area contributed by atoms with E-state index in [2.05, 4.69) is 5.32 Å². The maximum Gasteiger partial charge on any atom is 0.331 e. The highest BCUT2D eigenvalue weighted by atomic mass is 16.5. The molecule has 0 aromatic heterocycles. The number of imide groups is 2. The van der Waals surface area contributed by atoms with E-state index in [0.29, 0.717) is 5.56 Å². The van der Waals surface area contributed by atoms with Gasteiger partial charge in [0.1, 0.15) is 5.57 Å². The normalized spacial score (nSPS) is 19.8. The quantitative estimate of drug-likeness (QED) is 0.627. The van der Waals surface area contributed by atoms with Crippen molar-refractivity contribution in [3.63, 3.8) is 0 Å². The molecule has 0 spiro atoms. The molecule has 2 aliphatic rings. The van der Waals surface area contributed by atoms with E-state index in [4.69, 9.17) is 9.47 Å². The Kier molecular flexibility index (Phi) is 4.83. The van der Waals surface area contributed by atoms with Crippen molar-refractivity contribution in [2.24, 2.45) is 0 Å². The Balaban J connectivity index is 1.99. The van der Waals surface area contributed by atoms with Crippen LogP contribution in [0.1, 0.15) is 31.2 Å². The number of aromatic hydroxyl groups is 1. The SMILES string of the molecule is COc1cc(/C=C2\C(=O)NC(=O)N(C3CCCC3)C2=O)cc(OC)c1O. The fourth-order valence-electron chi connectivity index (χ4n) is 3.33. The third-order valence-electron chi connectivity index (χ3n) is 4.64. The largest absolute Gasteiger partial charge is 0.502 e. The standard InChI is InChI=1S/C18H20N2O6/c1-25-13-8-10(9-14(26-2)15(13)21)7-12-16(22)19-18(24)20(17(12)23)11-5-3-4-6-11/h7-9,11,21H,3-6H2,1-2H3,(H,19,22,24)/b12-7+. The smallest absolute Gasteiger partial charge is 0.331 e.